The quantitative estimate of drug-likeness (QED) is 0.722. The Labute approximate surface area is 153 Å². The van der Waals surface area contributed by atoms with Crippen LogP contribution in [0.1, 0.15) is 36.1 Å². The summed E-state index contributed by atoms with van der Waals surface area (Å²) < 4.78 is 22.3. The molecule has 3 rings (SSSR count). The SMILES string of the molecule is CCN(CC1CCCO1)C(=O)c1ccc(COc2ccccc2OC)o1. The molecule has 2 heterocycles. The van der Waals surface area contributed by atoms with Crippen LogP contribution in [0.2, 0.25) is 0 Å². The van der Waals surface area contributed by atoms with Crippen molar-refractivity contribution in [3.63, 3.8) is 0 Å². The Bertz CT molecular complexity index is 720. The van der Waals surface area contributed by atoms with E-state index in [0.717, 1.165) is 19.4 Å². The van der Waals surface area contributed by atoms with Gasteiger partial charge < -0.3 is 23.5 Å². The molecule has 140 valence electrons. The number of ether oxygens (including phenoxy) is 3. The molecule has 6 nitrogen and oxygen atoms in total. The Morgan fingerprint density at radius 1 is 1.23 bits per heavy atom. The van der Waals surface area contributed by atoms with Gasteiger partial charge in [0.25, 0.3) is 5.91 Å². The van der Waals surface area contributed by atoms with E-state index in [1.807, 2.05) is 31.2 Å². The second-order valence-electron chi connectivity index (χ2n) is 6.18. The first-order valence-corrected chi connectivity index (χ1v) is 8.96. The van der Waals surface area contributed by atoms with Crippen LogP contribution in [-0.2, 0) is 11.3 Å². The number of nitrogens with zero attached hydrogens (tertiary/aromatic N) is 1. The first-order chi connectivity index (χ1) is 12.7. The van der Waals surface area contributed by atoms with Gasteiger partial charge in [0.1, 0.15) is 12.4 Å². The molecule has 2 aromatic rings. The van der Waals surface area contributed by atoms with Crippen molar-refractivity contribution in [2.45, 2.75) is 32.5 Å². The lowest BCUT2D eigenvalue weighted by Crippen LogP contribution is -2.37. The van der Waals surface area contributed by atoms with Crippen LogP contribution in [0.4, 0.5) is 0 Å². The molecule has 1 amide bonds. The molecule has 6 heteroatoms. The molecule has 0 N–H and O–H groups in total. The molecule has 1 saturated heterocycles. The lowest BCUT2D eigenvalue weighted by atomic mass is 10.2. The van der Waals surface area contributed by atoms with Crippen LogP contribution < -0.4 is 9.47 Å². The van der Waals surface area contributed by atoms with Crippen molar-refractivity contribution < 1.29 is 23.4 Å². The van der Waals surface area contributed by atoms with E-state index in [9.17, 15) is 4.79 Å². The van der Waals surface area contributed by atoms with E-state index in [-0.39, 0.29) is 18.6 Å². The fourth-order valence-electron chi connectivity index (χ4n) is 3.00. The highest BCUT2D eigenvalue weighted by atomic mass is 16.5. The predicted octanol–water partition coefficient (Wildman–Crippen LogP) is 3.51. The summed E-state index contributed by atoms with van der Waals surface area (Å²) in [4.78, 5) is 14.4. The molecule has 1 unspecified atom stereocenters. The maximum Gasteiger partial charge on any atom is 0.289 e. The molecule has 0 radical (unpaired) electrons. The smallest absolute Gasteiger partial charge is 0.289 e. The number of carbonyl (C=O) groups excluding carboxylic acids is 1. The fraction of sp³-hybridized carbons (Fsp3) is 0.450. The van der Waals surface area contributed by atoms with E-state index in [1.54, 1.807) is 24.1 Å². The van der Waals surface area contributed by atoms with E-state index in [2.05, 4.69) is 0 Å². The highest BCUT2D eigenvalue weighted by Crippen LogP contribution is 2.27. The van der Waals surface area contributed by atoms with Crippen LogP contribution >= 0.6 is 0 Å². The predicted molar refractivity (Wildman–Crippen MR) is 96.6 cm³/mol. The summed E-state index contributed by atoms with van der Waals surface area (Å²) in [6.07, 6.45) is 2.18. The molecule has 0 saturated carbocycles. The van der Waals surface area contributed by atoms with Crippen LogP contribution in [0.3, 0.4) is 0 Å². The number of rotatable bonds is 8. The third kappa shape index (κ3) is 4.38. The zero-order valence-corrected chi connectivity index (χ0v) is 15.3. The molecule has 0 spiro atoms. The van der Waals surface area contributed by atoms with Gasteiger partial charge in [0.05, 0.1) is 13.2 Å². The van der Waals surface area contributed by atoms with E-state index >= 15 is 0 Å². The number of carbonyl (C=O) groups is 1. The standard InChI is InChI=1S/C20H25NO5/c1-3-21(13-15-7-6-12-24-15)20(22)19-11-10-16(26-19)14-25-18-9-5-4-8-17(18)23-2/h4-5,8-11,15H,3,6-7,12-14H2,1-2H3. The lowest BCUT2D eigenvalue weighted by Gasteiger charge is -2.22. The largest absolute Gasteiger partial charge is 0.493 e. The van der Waals surface area contributed by atoms with Crippen molar-refractivity contribution in [3.05, 3.63) is 47.9 Å². The Morgan fingerprint density at radius 3 is 2.73 bits per heavy atom. The topological polar surface area (TPSA) is 61.1 Å². The van der Waals surface area contributed by atoms with Gasteiger partial charge in [-0.05, 0) is 44.0 Å². The minimum atomic E-state index is -0.119. The Hall–Kier alpha value is -2.47. The van der Waals surface area contributed by atoms with E-state index in [4.69, 9.17) is 18.6 Å². The molecule has 26 heavy (non-hydrogen) atoms. The van der Waals surface area contributed by atoms with E-state index in [0.29, 0.717) is 36.1 Å². The van der Waals surface area contributed by atoms with Crippen LogP contribution in [0.15, 0.2) is 40.8 Å². The molecule has 1 atom stereocenters. The van der Waals surface area contributed by atoms with E-state index in [1.165, 1.54) is 0 Å². The van der Waals surface area contributed by atoms with Gasteiger partial charge in [0.15, 0.2) is 17.3 Å². The van der Waals surface area contributed by atoms with Gasteiger partial charge in [-0.25, -0.2) is 0 Å². The number of para-hydroxylation sites is 2. The summed E-state index contributed by atoms with van der Waals surface area (Å²) in [5, 5.41) is 0. The zero-order chi connectivity index (χ0) is 18.4. The third-order valence-electron chi connectivity index (χ3n) is 4.43. The highest BCUT2D eigenvalue weighted by Gasteiger charge is 2.24. The molecule has 1 aromatic heterocycles. The summed E-state index contributed by atoms with van der Waals surface area (Å²) in [5.41, 5.74) is 0. The summed E-state index contributed by atoms with van der Waals surface area (Å²) in [6, 6.07) is 10.9. The second kappa shape index (κ2) is 8.76. The van der Waals surface area contributed by atoms with Crippen molar-refractivity contribution in [3.8, 4) is 11.5 Å². The Morgan fingerprint density at radius 2 is 2.04 bits per heavy atom. The Balaban J connectivity index is 1.60. The number of furan rings is 1. The number of benzene rings is 1. The molecule has 1 aromatic carbocycles. The second-order valence-corrected chi connectivity index (χ2v) is 6.18. The van der Waals surface area contributed by atoms with Crippen LogP contribution in [0.25, 0.3) is 0 Å². The number of amides is 1. The lowest BCUT2D eigenvalue weighted by molar-refractivity contribution is 0.0513. The number of hydrogen-bond acceptors (Lipinski definition) is 5. The average Bonchev–Trinajstić information content (AvgIpc) is 3.36. The van der Waals surface area contributed by atoms with Crippen molar-refractivity contribution in [2.24, 2.45) is 0 Å². The van der Waals surface area contributed by atoms with E-state index < -0.39 is 0 Å². The summed E-state index contributed by atoms with van der Waals surface area (Å²) in [6.45, 7) is 4.18. The van der Waals surface area contributed by atoms with Crippen LogP contribution in [0, 0.1) is 0 Å². The van der Waals surface area contributed by atoms with Gasteiger partial charge >= 0.3 is 0 Å². The molecule has 1 aliphatic heterocycles. The molecule has 0 aliphatic carbocycles. The average molecular weight is 359 g/mol. The van der Waals surface area contributed by atoms with Crippen molar-refractivity contribution >= 4 is 5.91 Å². The minimum Gasteiger partial charge on any atom is -0.493 e. The van der Waals surface area contributed by atoms with Crippen molar-refractivity contribution in [1.82, 2.24) is 4.90 Å². The van der Waals surface area contributed by atoms with Crippen molar-refractivity contribution in [1.29, 1.82) is 0 Å². The van der Waals surface area contributed by atoms with Gasteiger partial charge in [-0.2, -0.15) is 0 Å². The molecular weight excluding hydrogens is 334 g/mol. The molecule has 0 bridgehead atoms. The van der Waals surface area contributed by atoms with Crippen LogP contribution in [0.5, 0.6) is 11.5 Å². The normalized spacial score (nSPS) is 16.5. The Kier molecular flexibility index (Phi) is 6.17. The number of likely N-dealkylation sites (N-methyl/N-ethyl adjacent to an activating group) is 1. The van der Waals surface area contributed by atoms with Crippen molar-refractivity contribution in [2.75, 3.05) is 26.8 Å². The highest BCUT2D eigenvalue weighted by molar-refractivity contribution is 5.91. The maximum atomic E-state index is 12.7. The minimum absolute atomic E-state index is 0.119. The summed E-state index contributed by atoms with van der Waals surface area (Å²) in [7, 11) is 1.60. The number of methoxy groups -OCH3 is 1. The first kappa shape index (κ1) is 18.3. The zero-order valence-electron chi connectivity index (χ0n) is 15.3. The van der Waals surface area contributed by atoms with Gasteiger partial charge in [-0.3, -0.25) is 4.79 Å². The molecular formula is C20H25NO5. The van der Waals surface area contributed by atoms with Crippen LogP contribution in [-0.4, -0.2) is 43.7 Å². The number of hydrogen-bond donors (Lipinski definition) is 0. The fourth-order valence-corrected chi connectivity index (χ4v) is 3.00. The van der Waals surface area contributed by atoms with Gasteiger partial charge in [-0.1, -0.05) is 12.1 Å². The van der Waals surface area contributed by atoms with Gasteiger partial charge in [0.2, 0.25) is 0 Å². The van der Waals surface area contributed by atoms with Gasteiger partial charge in [-0.15, -0.1) is 0 Å². The monoisotopic (exact) mass is 359 g/mol. The third-order valence-corrected chi connectivity index (χ3v) is 4.43. The van der Waals surface area contributed by atoms with Gasteiger partial charge in [0, 0.05) is 19.7 Å². The molecule has 1 aliphatic rings. The molecule has 1 fully saturated rings. The summed E-state index contributed by atoms with van der Waals surface area (Å²) in [5.74, 6) is 2.08. The first-order valence-electron chi connectivity index (χ1n) is 8.96. The maximum absolute atomic E-state index is 12.7. The summed E-state index contributed by atoms with van der Waals surface area (Å²) >= 11 is 0.